The molecule has 14 heavy (non-hydrogen) atoms. The van der Waals surface area contributed by atoms with Gasteiger partial charge in [0.05, 0.1) is 0 Å². The Hall–Kier alpha value is -0.530. The molecule has 1 N–H and O–H groups in total. The van der Waals surface area contributed by atoms with Gasteiger partial charge in [-0.2, -0.15) is 0 Å². The lowest BCUT2D eigenvalue weighted by molar-refractivity contribution is -0.120. The molecule has 0 spiro atoms. The van der Waals surface area contributed by atoms with Crippen LogP contribution < -0.4 is 5.32 Å². The van der Waals surface area contributed by atoms with Crippen molar-refractivity contribution in [2.75, 3.05) is 0 Å². The Bertz CT molecular complexity index is 239. The van der Waals surface area contributed by atoms with Gasteiger partial charge in [0.2, 0.25) is 5.91 Å². The van der Waals surface area contributed by atoms with E-state index < -0.39 is 0 Å². The summed E-state index contributed by atoms with van der Waals surface area (Å²) in [5, 5.41) is 3.11. The van der Waals surface area contributed by atoms with Gasteiger partial charge in [-0.3, -0.25) is 4.79 Å². The first-order valence-electron chi connectivity index (χ1n) is 5.48. The molecule has 0 aromatic rings. The number of hydrogen-bond acceptors (Lipinski definition) is 1. The maximum atomic E-state index is 11.5. The van der Waals surface area contributed by atoms with Crippen LogP contribution in [0.1, 0.15) is 48.0 Å². The monoisotopic (exact) mass is 197 g/mol. The second-order valence-corrected chi connectivity index (χ2v) is 6.13. The standard InChI is InChI=1S/C12H23NO/c1-8(2)10-12(6,11(3,4)5)7-9(14)13-10/h8,10H,7H2,1-6H3,(H,13,14). The first-order chi connectivity index (χ1) is 6.18. The molecule has 0 saturated carbocycles. The van der Waals surface area contributed by atoms with Gasteiger partial charge in [0, 0.05) is 17.9 Å². The molecular weight excluding hydrogens is 174 g/mol. The zero-order chi connectivity index (χ0) is 11.1. The lowest BCUT2D eigenvalue weighted by atomic mass is 9.61. The largest absolute Gasteiger partial charge is 0.353 e. The Labute approximate surface area is 87.5 Å². The molecule has 2 nitrogen and oxygen atoms in total. The highest BCUT2D eigenvalue weighted by Crippen LogP contribution is 2.48. The molecule has 1 rings (SSSR count). The third kappa shape index (κ3) is 1.67. The van der Waals surface area contributed by atoms with Crippen LogP contribution in [0.5, 0.6) is 0 Å². The van der Waals surface area contributed by atoms with E-state index in [9.17, 15) is 4.79 Å². The van der Waals surface area contributed by atoms with Crippen LogP contribution >= 0.6 is 0 Å². The fourth-order valence-electron chi connectivity index (χ4n) is 2.46. The van der Waals surface area contributed by atoms with Crippen molar-refractivity contribution in [2.24, 2.45) is 16.7 Å². The molecule has 2 heteroatoms. The van der Waals surface area contributed by atoms with E-state index in [1.54, 1.807) is 0 Å². The number of amides is 1. The molecule has 1 heterocycles. The molecule has 1 fully saturated rings. The van der Waals surface area contributed by atoms with Crippen molar-refractivity contribution in [1.82, 2.24) is 5.32 Å². The summed E-state index contributed by atoms with van der Waals surface area (Å²) in [7, 11) is 0. The first-order valence-corrected chi connectivity index (χ1v) is 5.48. The average Bonchev–Trinajstić information content (AvgIpc) is 2.25. The zero-order valence-corrected chi connectivity index (χ0v) is 10.3. The predicted octanol–water partition coefficient (Wildman–Crippen LogP) is 2.58. The van der Waals surface area contributed by atoms with E-state index in [0.29, 0.717) is 18.4 Å². The first kappa shape index (κ1) is 11.5. The van der Waals surface area contributed by atoms with E-state index >= 15 is 0 Å². The predicted molar refractivity (Wildman–Crippen MR) is 58.9 cm³/mol. The minimum absolute atomic E-state index is 0.0816. The maximum Gasteiger partial charge on any atom is 0.220 e. The molecule has 0 aliphatic carbocycles. The van der Waals surface area contributed by atoms with E-state index in [2.05, 4.69) is 46.9 Å². The molecule has 82 valence electrons. The average molecular weight is 197 g/mol. The topological polar surface area (TPSA) is 29.1 Å². The molecule has 1 aliphatic heterocycles. The lowest BCUT2D eigenvalue weighted by Crippen LogP contribution is -2.46. The quantitative estimate of drug-likeness (QED) is 0.688. The number of hydrogen-bond donors (Lipinski definition) is 1. The summed E-state index contributed by atoms with van der Waals surface area (Å²) in [6.45, 7) is 13.3. The van der Waals surface area contributed by atoms with E-state index in [-0.39, 0.29) is 16.7 Å². The van der Waals surface area contributed by atoms with Crippen LogP contribution in [0.15, 0.2) is 0 Å². The molecule has 1 aliphatic rings. The van der Waals surface area contributed by atoms with E-state index in [4.69, 9.17) is 0 Å². The van der Waals surface area contributed by atoms with Gasteiger partial charge in [-0.15, -0.1) is 0 Å². The van der Waals surface area contributed by atoms with Gasteiger partial charge >= 0.3 is 0 Å². The summed E-state index contributed by atoms with van der Waals surface area (Å²) < 4.78 is 0. The van der Waals surface area contributed by atoms with E-state index in [0.717, 1.165) is 0 Å². The van der Waals surface area contributed by atoms with Crippen LogP contribution in [0.25, 0.3) is 0 Å². The van der Waals surface area contributed by atoms with Crippen LogP contribution in [-0.2, 0) is 4.79 Å². The van der Waals surface area contributed by atoms with Crippen LogP contribution in [0, 0.1) is 16.7 Å². The van der Waals surface area contributed by atoms with Gasteiger partial charge in [0.1, 0.15) is 0 Å². The third-order valence-electron chi connectivity index (χ3n) is 3.91. The second-order valence-electron chi connectivity index (χ2n) is 6.13. The summed E-state index contributed by atoms with van der Waals surface area (Å²) in [5.41, 5.74) is 0.249. The Morgan fingerprint density at radius 2 is 1.93 bits per heavy atom. The van der Waals surface area contributed by atoms with Gasteiger partial charge in [-0.25, -0.2) is 0 Å². The minimum atomic E-state index is 0.0816. The molecule has 0 aromatic heterocycles. The van der Waals surface area contributed by atoms with Crippen molar-refractivity contribution >= 4 is 5.91 Å². The summed E-state index contributed by atoms with van der Waals surface area (Å²) in [6, 6.07) is 0.315. The summed E-state index contributed by atoms with van der Waals surface area (Å²) in [4.78, 5) is 11.5. The van der Waals surface area contributed by atoms with Gasteiger partial charge in [0.15, 0.2) is 0 Å². The highest BCUT2D eigenvalue weighted by atomic mass is 16.2. The van der Waals surface area contributed by atoms with Gasteiger partial charge in [-0.1, -0.05) is 41.5 Å². The molecule has 0 radical (unpaired) electrons. The van der Waals surface area contributed by atoms with Gasteiger partial charge in [-0.05, 0) is 11.3 Å². The highest BCUT2D eigenvalue weighted by molar-refractivity contribution is 5.80. The summed E-state index contributed by atoms with van der Waals surface area (Å²) in [5.74, 6) is 0.715. The molecular formula is C12H23NO. The minimum Gasteiger partial charge on any atom is -0.353 e. The molecule has 2 unspecified atom stereocenters. The number of carbonyl (C=O) groups excluding carboxylic acids is 1. The Morgan fingerprint density at radius 1 is 1.43 bits per heavy atom. The smallest absolute Gasteiger partial charge is 0.220 e. The molecule has 2 atom stereocenters. The van der Waals surface area contributed by atoms with Crippen LogP contribution in [-0.4, -0.2) is 11.9 Å². The SMILES string of the molecule is CC(C)C1NC(=O)CC1(C)C(C)(C)C. The normalized spacial score (nSPS) is 33.6. The van der Waals surface area contributed by atoms with Crippen LogP contribution in [0.4, 0.5) is 0 Å². The van der Waals surface area contributed by atoms with E-state index in [1.807, 2.05) is 0 Å². The number of nitrogens with one attached hydrogen (secondary N) is 1. The lowest BCUT2D eigenvalue weighted by Gasteiger charge is -2.44. The third-order valence-corrected chi connectivity index (χ3v) is 3.91. The Balaban J connectivity index is 3.01. The Morgan fingerprint density at radius 3 is 2.21 bits per heavy atom. The highest BCUT2D eigenvalue weighted by Gasteiger charge is 2.51. The van der Waals surface area contributed by atoms with Crippen molar-refractivity contribution in [3.05, 3.63) is 0 Å². The van der Waals surface area contributed by atoms with Crippen LogP contribution in [0.3, 0.4) is 0 Å². The summed E-state index contributed by atoms with van der Waals surface area (Å²) >= 11 is 0. The second kappa shape index (κ2) is 3.25. The maximum absolute atomic E-state index is 11.5. The van der Waals surface area contributed by atoms with Crippen molar-refractivity contribution in [1.29, 1.82) is 0 Å². The van der Waals surface area contributed by atoms with Crippen molar-refractivity contribution in [3.63, 3.8) is 0 Å². The van der Waals surface area contributed by atoms with Gasteiger partial charge in [0.25, 0.3) is 0 Å². The van der Waals surface area contributed by atoms with Crippen molar-refractivity contribution in [2.45, 2.75) is 54.0 Å². The van der Waals surface area contributed by atoms with Crippen molar-refractivity contribution in [3.8, 4) is 0 Å². The Kier molecular flexibility index (Phi) is 2.68. The fourth-order valence-corrected chi connectivity index (χ4v) is 2.46. The fraction of sp³-hybridized carbons (Fsp3) is 0.917. The van der Waals surface area contributed by atoms with Crippen molar-refractivity contribution < 1.29 is 4.79 Å². The molecule has 1 amide bonds. The molecule has 0 bridgehead atoms. The molecule has 0 aromatic carbocycles. The number of carbonyl (C=O) groups is 1. The van der Waals surface area contributed by atoms with Crippen LogP contribution in [0.2, 0.25) is 0 Å². The van der Waals surface area contributed by atoms with E-state index in [1.165, 1.54) is 0 Å². The number of rotatable bonds is 1. The zero-order valence-electron chi connectivity index (χ0n) is 10.3. The molecule has 1 saturated heterocycles. The van der Waals surface area contributed by atoms with Gasteiger partial charge < -0.3 is 5.32 Å². The summed E-state index contributed by atoms with van der Waals surface area (Å²) in [6.07, 6.45) is 0.666.